The number of nitrogens with zero attached hydrogens (tertiary/aromatic N) is 1. The Kier molecular flexibility index (Phi) is 5.22. The van der Waals surface area contributed by atoms with Crippen LogP contribution in [-0.4, -0.2) is 47.7 Å². The van der Waals surface area contributed by atoms with Gasteiger partial charge in [0.15, 0.2) is 0 Å². The molecule has 3 atom stereocenters. The van der Waals surface area contributed by atoms with E-state index in [1.165, 1.54) is 12.8 Å². The Labute approximate surface area is 98.0 Å². The third-order valence-corrected chi connectivity index (χ3v) is 3.71. The molecule has 1 aliphatic rings. The number of nitrogens with one attached hydrogen (secondary N) is 1. The van der Waals surface area contributed by atoms with E-state index < -0.39 is 5.97 Å². The fourth-order valence-corrected chi connectivity index (χ4v) is 2.30. The van der Waals surface area contributed by atoms with Crippen LogP contribution in [0.15, 0.2) is 0 Å². The molecule has 4 heteroatoms. The van der Waals surface area contributed by atoms with Crippen molar-refractivity contribution in [2.45, 2.75) is 45.7 Å². The SMILES string of the molecule is CCN(CC1CCCN1)C(C)C(C)C(=O)O. The van der Waals surface area contributed by atoms with Crippen LogP contribution >= 0.6 is 0 Å². The number of rotatable bonds is 6. The maximum absolute atomic E-state index is 11.0. The molecule has 1 rings (SSSR count). The number of hydrogen-bond donors (Lipinski definition) is 2. The molecule has 2 N–H and O–H groups in total. The zero-order chi connectivity index (χ0) is 12.1. The largest absolute Gasteiger partial charge is 0.481 e. The quantitative estimate of drug-likeness (QED) is 0.716. The van der Waals surface area contributed by atoms with Crippen LogP contribution < -0.4 is 5.32 Å². The van der Waals surface area contributed by atoms with Crippen LogP contribution in [0.25, 0.3) is 0 Å². The van der Waals surface area contributed by atoms with E-state index in [0.717, 1.165) is 19.6 Å². The van der Waals surface area contributed by atoms with Gasteiger partial charge < -0.3 is 10.4 Å². The first-order valence-corrected chi connectivity index (χ1v) is 6.26. The van der Waals surface area contributed by atoms with Gasteiger partial charge in [-0.2, -0.15) is 0 Å². The van der Waals surface area contributed by atoms with Crippen molar-refractivity contribution in [3.8, 4) is 0 Å². The van der Waals surface area contributed by atoms with Crippen LogP contribution in [0.4, 0.5) is 0 Å². The van der Waals surface area contributed by atoms with E-state index in [4.69, 9.17) is 5.11 Å². The first-order valence-electron chi connectivity index (χ1n) is 6.26. The second-order valence-corrected chi connectivity index (χ2v) is 4.75. The molecule has 0 aromatic carbocycles. The number of likely N-dealkylation sites (N-methyl/N-ethyl adjacent to an activating group) is 1. The molecule has 0 aromatic heterocycles. The lowest BCUT2D eigenvalue weighted by molar-refractivity contribution is -0.143. The molecule has 1 heterocycles. The maximum atomic E-state index is 11.0. The number of aliphatic carboxylic acids is 1. The Bertz CT molecular complexity index is 227. The fourth-order valence-electron chi connectivity index (χ4n) is 2.30. The van der Waals surface area contributed by atoms with E-state index in [-0.39, 0.29) is 12.0 Å². The second-order valence-electron chi connectivity index (χ2n) is 4.75. The fraction of sp³-hybridized carbons (Fsp3) is 0.917. The highest BCUT2D eigenvalue weighted by Gasteiger charge is 2.26. The molecule has 0 saturated carbocycles. The first kappa shape index (κ1) is 13.5. The van der Waals surface area contributed by atoms with Gasteiger partial charge in [0.2, 0.25) is 0 Å². The molecule has 1 aliphatic heterocycles. The lowest BCUT2D eigenvalue weighted by Gasteiger charge is -2.32. The number of carboxylic acid groups (broad SMARTS) is 1. The van der Waals surface area contributed by atoms with Gasteiger partial charge in [-0.3, -0.25) is 9.69 Å². The molecule has 0 radical (unpaired) electrons. The number of carbonyl (C=O) groups is 1. The van der Waals surface area contributed by atoms with Crippen LogP contribution in [0.3, 0.4) is 0 Å². The van der Waals surface area contributed by atoms with Gasteiger partial charge in [0.1, 0.15) is 0 Å². The Balaban J connectivity index is 2.48. The molecule has 0 spiro atoms. The lowest BCUT2D eigenvalue weighted by Crippen LogP contribution is -2.46. The van der Waals surface area contributed by atoms with Gasteiger partial charge in [-0.1, -0.05) is 13.8 Å². The van der Waals surface area contributed by atoms with E-state index in [1.54, 1.807) is 6.92 Å². The zero-order valence-corrected chi connectivity index (χ0v) is 10.6. The molecule has 1 fully saturated rings. The van der Waals surface area contributed by atoms with Gasteiger partial charge in [0, 0.05) is 18.6 Å². The van der Waals surface area contributed by atoms with Crippen molar-refractivity contribution >= 4 is 5.97 Å². The van der Waals surface area contributed by atoms with Crippen LogP contribution in [-0.2, 0) is 4.79 Å². The van der Waals surface area contributed by atoms with E-state index in [2.05, 4.69) is 17.1 Å². The average Bonchev–Trinajstić information content (AvgIpc) is 2.76. The minimum Gasteiger partial charge on any atom is -0.481 e. The molecule has 0 aliphatic carbocycles. The molecule has 0 amide bonds. The Morgan fingerprint density at radius 1 is 1.56 bits per heavy atom. The van der Waals surface area contributed by atoms with Crippen LogP contribution in [0.1, 0.15) is 33.6 Å². The van der Waals surface area contributed by atoms with Gasteiger partial charge in [0.25, 0.3) is 0 Å². The molecular formula is C12H24N2O2. The summed E-state index contributed by atoms with van der Waals surface area (Å²) < 4.78 is 0. The van der Waals surface area contributed by atoms with Gasteiger partial charge >= 0.3 is 5.97 Å². The summed E-state index contributed by atoms with van der Waals surface area (Å²) in [4.78, 5) is 13.2. The maximum Gasteiger partial charge on any atom is 0.307 e. The summed E-state index contributed by atoms with van der Waals surface area (Å²) in [6.07, 6.45) is 2.45. The molecule has 94 valence electrons. The monoisotopic (exact) mass is 228 g/mol. The van der Waals surface area contributed by atoms with Crippen molar-refractivity contribution < 1.29 is 9.90 Å². The van der Waals surface area contributed by atoms with Crippen LogP contribution in [0.5, 0.6) is 0 Å². The molecule has 3 unspecified atom stereocenters. The van der Waals surface area contributed by atoms with Crippen molar-refractivity contribution in [1.29, 1.82) is 0 Å². The Morgan fingerprint density at radius 2 is 2.25 bits per heavy atom. The normalized spacial score (nSPS) is 24.6. The summed E-state index contributed by atoms with van der Waals surface area (Å²) in [7, 11) is 0. The van der Waals surface area contributed by atoms with E-state index in [0.29, 0.717) is 6.04 Å². The van der Waals surface area contributed by atoms with Gasteiger partial charge in [0.05, 0.1) is 5.92 Å². The summed E-state index contributed by atoms with van der Waals surface area (Å²) in [5.41, 5.74) is 0. The Morgan fingerprint density at radius 3 is 2.69 bits per heavy atom. The second kappa shape index (κ2) is 6.21. The highest BCUT2D eigenvalue weighted by molar-refractivity contribution is 5.70. The smallest absolute Gasteiger partial charge is 0.307 e. The highest BCUT2D eigenvalue weighted by atomic mass is 16.4. The molecular weight excluding hydrogens is 204 g/mol. The Hall–Kier alpha value is -0.610. The summed E-state index contributed by atoms with van der Waals surface area (Å²) in [6.45, 7) is 8.88. The van der Waals surface area contributed by atoms with Crippen molar-refractivity contribution in [3.05, 3.63) is 0 Å². The van der Waals surface area contributed by atoms with Crippen LogP contribution in [0, 0.1) is 5.92 Å². The highest BCUT2D eigenvalue weighted by Crippen LogP contribution is 2.14. The molecule has 16 heavy (non-hydrogen) atoms. The summed E-state index contributed by atoms with van der Waals surface area (Å²) in [6, 6.07) is 0.647. The molecule has 0 bridgehead atoms. The van der Waals surface area contributed by atoms with Gasteiger partial charge in [-0.15, -0.1) is 0 Å². The minimum absolute atomic E-state index is 0.102. The van der Waals surface area contributed by atoms with Crippen molar-refractivity contribution in [2.24, 2.45) is 5.92 Å². The summed E-state index contributed by atoms with van der Waals surface area (Å²) in [5.74, 6) is -1.01. The lowest BCUT2D eigenvalue weighted by atomic mass is 10.0. The predicted octanol–water partition coefficient (Wildman–Crippen LogP) is 1.17. The average molecular weight is 228 g/mol. The molecule has 4 nitrogen and oxygen atoms in total. The third-order valence-electron chi connectivity index (χ3n) is 3.71. The predicted molar refractivity (Wildman–Crippen MR) is 64.5 cm³/mol. The van der Waals surface area contributed by atoms with E-state index in [1.807, 2.05) is 6.92 Å². The van der Waals surface area contributed by atoms with Crippen molar-refractivity contribution in [3.63, 3.8) is 0 Å². The van der Waals surface area contributed by atoms with E-state index >= 15 is 0 Å². The van der Waals surface area contributed by atoms with Crippen LogP contribution in [0.2, 0.25) is 0 Å². The van der Waals surface area contributed by atoms with Crippen molar-refractivity contribution in [1.82, 2.24) is 10.2 Å². The third kappa shape index (κ3) is 3.46. The van der Waals surface area contributed by atoms with Gasteiger partial charge in [-0.05, 0) is 32.9 Å². The van der Waals surface area contributed by atoms with E-state index in [9.17, 15) is 4.79 Å². The standard InChI is InChI=1S/C12H24N2O2/c1-4-14(8-11-6-5-7-13-11)10(3)9(2)12(15)16/h9-11,13H,4-8H2,1-3H3,(H,15,16). The molecule has 0 aromatic rings. The topological polar surface area (TPSA) is 52.6 Å². The molecule has 1 saturated heterocycles. The zero-order valence-electron chi connectivity index (χ0n) is 10.6. The number of hydrogen-bond acceptors (Lipinski definition) is 3. The van der Waals surface area contributed by atoms with Gasteiger partial charge in [-0.25, -0.2) is 0 Å². The summed E-state index contributed by atoms with van der Waals surface area (Å²) >= 11 is 0. The van der Waals surface area contributed by atoms with Crippen molar-refractivity contribution in [2.75, 3.05) is 19.6 Å². The minimum atomic E-state index is -0.703. The number of carboxylic acids is 1. The first-order chi connectivity index (χ1) is 7.56. The summed E-state index contributed by atoms with van der Waals surface area (Å²) in [5, 5.41) is 12.5.